The van der Waals surface area contributed by atoms with Gasteiger partial charge in [-0.1, -0.05) is 18.2 Å². The van der Waals surface area contributed by atoms with Crippen LogP contribution in [0, 0.1) is 22.6 Å². The molecule has 0 amide bonds. The van der Waals surface area contributed by atoms with Gasteiger partial charge in [-0.25, -0.2) is 4.39 Å². The molecule has 15 heavy (non-hydrogen) atoms. The molecule has 1 aromatic carbocycles. The highest BCUT2D eigenvalue weighted by atomic mass is 19.1. The highest BCUT2D eigenvalue weighted by Crippen LogP contribution is 2.23. The van der Waals surface area contributed by atoms with E-state index in [1.165, 1.54) is 25.1 Å². The number of carboxylic acid groups (broad SMARTS) is 1. The van der Waals surface area contributed by atoms with Crippen molar-refractivity contribution >= 4 is 5.97 Å². The van der Waals surface area contributed by atoms with Crippen LogP contribution in [0.25, 0.3) is 0 Å². The van der Waals surface area contributed by atoms with E-state index in [1.807, 2.05) is 0 Å². The van der Waals surface area contributed by atoms with Crippen LogP contribution < -0.4 is 0 Å². The summed E-state index contributed by atoms with van der Waals surface area (Å²) >= 11 is 0. The standard InChI is InChI=1S/C11H10FNO2/c1-11(7-13,10(14)15)6-8-4-2-3-5-9(8)12/h2-5H,6H2,1H3,(H,14,15). The molecular formula is C11H10FNO2. The van der Waals surface area contributed by atoms with Gasteiger partial charge in [-0.05, 0) is 18.6 Å². The van der Waals surface area contributed by atoms with Gasteiger partial charge in [0.25, 0.3) is 0 Å². The quantitative estimate of drug-likeness (QED) is 0.824. The third-order valence-corrected chi connectivity index (χ3v) is 2.22. The molecular weight excluding hydrogens is 197 g/mol. The number of halogens is 1. The van der Waals surface area contributed by atoms with Crippen molar-refractivity contribution in [3.63, 3.8) is 0 Å². The lowest BCUT2D eigenvalue weighted by molar-refractivity contribution is -0.144. The molecule has 0 heterocycles. The molecule has 0 radical (unpaired) electrons. The summed E-state index contributed by atoms with van der Waals surface area (Å²) in [4.78, 5) is 10.8. The third kappa shape index (κ3) is 2.32. The topological polar surface area (TPSA) is 61.1 Å². The van der Waals surface area contributed by atoms with Crippen LogP contribution in [0.5, 0.6) is 0 Å². The zero-order valence-electron chi connectivity index (χ0n) is 8.20. The highest BCUT2D eigenvalue weighted by Gasteiger charge is 2.34. The Morgan fingerprint density at radius 1 is 1.60 bits per heavy atom. The van der Waals surface area contributed by atoms with Gasteiger partial charge in [0.05, 0.1) is 6.07 Å². The number of carboxylic acids is 1. The van der Waals surface area contributed by atoms with E-state index in [0.717, 1.165) is 0 Å². The molecule has 0 aliphatic carbocycles. The SMILES string of the molecule is CC(C#N)(Cc1ccccc1F)C(=O)O. The highest BCUT2D eigenvalue weighted by molar-refractivity contribution is 5.77. The van der Waals surface area contributed by atoms with E-state index >= 15 is 0 Å². The Morgan fingerprint density at radius 2 is 2.20 bits per heavy atom. The van der Waals surface area contributed by atoms with Crippen molar-refractivity contribution in [2.45, 2.75) is 13.3 Å². The van der Waals surface area contributed by atoms with Crippen molar-refractivity contribution in [1.82, 2.24) is 0 Å². The van der Waals surface area contributed by atoms with Gasteiger partial charge in [0, 0.05) is 6.42 Å². The second kappa shape index (κ2) is 4.09. The van der Waals surface area contributed by atoms with Crippen LogP contribution in [0.2, 0.25) is 0 Å². The number of carbonyl (C=O) groups is 1. The van der Waals surface area contributed by atoms with Crippen LogP contribution in [0.15, 0.2) is 24.3 Å². The van der Waals surface area contributed by atoms with Crippen LogP contribution >= 0.6 is 0 Å². The minimum atomic E-state index is -1.58. The fourth-order valence-corrected chi connectivity index (χ4v) is 1.19. The lowest BCUT2D eigenvalue weighted by Gasteiger charge is -2.15. The zero-order chi connectivity index (χ0) is 11.5. The largest absolute Gasteiger partial charge is 0.480 e. The Kier molecular flexibility index (Phi) is 3.05. The van der Waals surface area contributed by atoms with Gasteiger partial charge in [0.15, 0.2) is 5.41 Å². The van der Waals surface area contributed by atoms with E-state index in [0.29, 0.717) is 0 Å². The van der Waals surface area contributed by atoms with Crippen molar-refractivity contribution in [1.29, 1.82) is 5.26 Å². The molecule has 3 nitrogen and oxygen atoms in total. The second-order valence-electron chi connectivity index (χ2n) is 3.52. The maximum absolute atomic E-state index is 13.2. The minimum Gasteiger partial charge on any atom is -0.480 e. The summed E-state index contributed by atoms with van der Waals surface area (Å²) in [6.45, 7) is 1.28. The van der Waals surface area contributed by atoms with Crippen molar-refractivity contribution in [3.8, 4) is 6.07 Å². The Balaban J connectivity index is 3.01. The van der Waals surface area contributed by atoms with E-state index in [1.54, 1.807) is 12.1 Å². The van der Waals surface area contributed by atoms with E-state index < -0.39 is 17.2 Å². The van der Waals surface area contributed by atoms with Crippen LogP contribution in [-0.2, 0) is 11.2 Å². The third-order valence-electron chi connectivity index (χ3n) is 2.22. The molecule has 0 aromatic heterocycles. The normalized spacial score (nSPS) is 13.9. The summed E-state index contributed by atoms with van der Waals surface area (Å²) in [7, 11) is 0. The van der Waals surface area contributed by atoms with Gasteiger partial charge < -0.3 is 5.11 Å². The molecule has 1 aromatic rings. The molecule has 1 rings (SSSR count). The molecule has 0 saturated carbocycles. The molecule has 0 bridgehead atoms. The lowest BCUT2D eigenvalue weighted by atomic mass is 9.85. The lowest BCUT2D eigenvalue weighted by Crippen LogP contribution is -2.28. The summed E-state index contributed by atoms with van der Waals surface area (Å²) < 4.78 is 13.2. The van der Waals surface area contributed by atoms with Crippen LogP contribution in [0.3, 0.4) is 0 Å². The smallest absolute Gasteiger partial charge is 0.324 e. The maximum atomic E-state index is 13.2. The van der Waals surface area contributed by atoms with Gasteiger partial charge in [0.2, 0.25) is 0 Å². The van der Waals surface area contributed by atoms with Gasteiger partial charge in [-0.2, -0.15) is 5.26 Å². The summed E-state index contributed by atoms with van der Waals surface area (Å²) in [5.41, 5.74) is -1.34. The monoisotopic (exact) mass is 207 g/mol. The van der Waals surface area contributed by atoms with Gasteiger partial charge in [-0.3, -0.25) is 4.79 Å². The molecule has 1 atom stereocenters. The molecule has 4 heteroatoms. The number of hydrogen-bond acceptors (Lipinski definition) is 2. The van der Waals surface area contributed by atoms with E-state index in [9.17, 15) is 9.18 Å². The summed E-state index contributed by atoms with van der Waals surface area (Å²) in [5.74, 6) is -1.73. The van der Waals surface area contributed by atoms with Crippen molar-refractivity contribution < 1.29 is 14.3 Å². The number of aliphatic carboxylic acids is 1. The number of benzene rings is 1. The summed E-state index contributed by atoms with van der Waals surface area (Å²) in [5, 5.41) is 17.6. The Morgan fingerprint density at radius 3 is 2.67 bits per heavy atom. The molecule has 0 aliphatic heterocycles. The predicted octanol–water partition coefficient (Wildman–Crippen LogP) is 1.98. The van der Waals surface area contributed by atoms with Crippen molar-refractivity contribution in [3.05, 3.63) is 35.6 Å². The van der Waals surface area contributed by atoms with Crippen LogP contribution in [0.4, 0.5) is 4.39 Å². The first-order valence-corrected chi connectivity index (χ1v) is 4.37. The average Bonchev–Trinajstić information content (AvgIpc) is 2.21. The number of hydrogen-bond donors (Lipinski definition) is 1. The second-order valence-corrected chi connectivity index (χ2v) is 3.52. The fourth-order valence-electron chi connectivity index (χ4n) is 1.19. The van der Waals surface area contributed by atoms with Crippen LogP contribution in [0.1, 0.15) is 12.5 Å². The molecule has 78 valence electrons. The minimum absolute atomic E-state index is 0.133. The molecule has 0 fully saturated rings. The van der Waals surface area contributed by atoms with Crippen molar-refractivity contribution in [2.75, 3.05) is 0 Å². The van der Waals surface area contributed by atoms with E-state index in [-0.39, 0.29) is 12.0 Å². The van der Waals surface area contributed by atoms with Crippen molar-refractivity contribution in [2.24, 2.45) is 5.41 Å². The number of rotatable bonds is 3. The number of nitriles is 1. The van der Waals surface area contributed by atoms with Crippen LogP contribution in [-0.4, -0.2) is 11.1 Å². The molecule has 0 spiro atoms. The first-order valence-electron chi connectivity index (χ1n) is 4.37. The molecule has 1 N–H and O–H groups in total. The Hall–Kier alpha value is -1.89. The molecule has 1 unspecified atom stereocenters. The average molecular weight is 207 g/mol. The Bertz CT molecular complexity index is 425. The summed E-state index contributed by atoms with van der Waals surface area (Å²) in [6, 6.07) is 7.54. The Labute approximate surface area is 86.8 Å². The number of nitrogens with zero attached hydrogens (tertiary/aromatic N) is 1. The first-order chi connectivity index (χ1) is 6.99. The predicted molar refractivity (Wildman–Crippen MR) is 51.5 cm³/mol. The first kappa shape index (κ1) is 11.2. The zero-order valence-corrected chi connectivity index (χ0v) is 8.20. The van der Waals surface area contributed by atoms with E-state index in [4.69, 9.17) is 10.4 Å². The summed E-state index contributed by atoms with van der Waals surface area (Å²) in [6.07, 6.45) is -0.133. The molecule has 0 saturated heterocycles. The maximum Gasteiger partial charge on any atom is 0.324 e. The fraction of sp³-hybridized carbons (Fsp3) is 0.273. The van der Waals surface area contributed by atoms with Gasteiger partial charge in [-0.15, -0.1) is 0 Å². The molecule has 0 aliphatic rings. The van der Waals surface area contributed by atoms with E-state index in [2.05, 4.69) is 0 Å². The van der Waals surface area contributed by atoms with Gasteiger partial charge >= 0.3 is 5.97 Å². The van der Waals surface area contributed by atoms with Gasteiger partial charge in [0.1, 0.15) is 5.82 Å².